The lowest BCUT2D eigenvalue weighted by Crippen LogP contribution is -2.38. The lowest BCUT2D eigenvalue weighted by atomic mass is 10.1. The SMILES string of the molecule is [N-]=[N+]=NCCCN1CCCC(O)C1. The highest BCUT2D eigenvalue weighted by molar-refractivity contribution is 4.71. The highest BCUT2D eigenvalue weighted by atomic mass is 16.3. The van der Waals surface area contributed by atoms with E-state index in [0.29, 0.717) is 6.54 Å². The molecule has 0 aromatic heterocycles. The first-order valence-electron chi connectivity index (χ1n) is 4.74. The van der Waals surface area contributed by atoms with Crippen molar-refractivity contribution >= 4 is 0 Å². The highest BCUT2D eigenvalue weighted by Crippen LogP contribution is 2.09. The van der Waals surface area contributed by atoms with Crippen molar-refractivity contribution in [3.8, 4) is 0 Å². The average molecular weight is 184 g/mol. The number of likely N-dealkylation sites (tertiary alicyclic amines) is 1. The van der Waals surface area contributed by atoms with E-state index in [-0.39, 0.29) is 6.10 Å². The lowest BCUT2D eigenvalue weighted by molar-refractivity contribution is 0.0705. The fraction of sp³-hybridized carbons (Fsp3) is 1.00. The maximum Gasteiger partial charge on any atom is 0.0667 e. The van der Waals surface area contributed by atoms with Crippen LogP contribution in [0.2, 0.25) is 0 Å². The number of piperidine rings is 1. The van der Waals surface area contributed by atoms with Crippen molar-refractivity contribution in [2.24, 2.45) is 5.11 Å². The lowest BCUT2D eigenvalue weighted by Gasteiger charge is -2.29. The van der Waals surface area contributed by atoms with Gasteiger partial charge < -0.3 is 10.0 Å². The Balaban J connectivity index is 2.09. The molecular weight excluding hydrogens is 168 g/mol. The molecule has 74 valence electrons. The number of β-amino-alcohol motifs (C(OH)–C–C–N with tert-alkyl or cyclic N) is 1. The van der Waals surface area contributed by atoms with Crippen molar-refractivity contribution in [2.45, 2.75) is 25.4 Å². The Morgan fingerprint density at radius 2 is 2.46 bits per heavy atom. The van der Waals surface area contributed by atoms with Gasteiger partial charge in [0.25, 0.3) is 0 Å². The van der Waals surface area contributed by atoms with Gasteiger partial charge >= 0.3 is 0 Å². The largest absolute Gasteiger partial charge is 0.392 e. The highest BCUT2D eigenvalue weighted by Gasteiger charge is 2.16. The third-order valence-corrected chi connectivity index (χ3v) is 2.28. The molecule has 0 amide bonds. The second-order valence-electron chi connectivity index (χ2n) is 3.40. The molecule has 0 saturated carbocycles. The minimum atomic E-state index is -0.159. The maximum atomic E-state index is 9.36. The van der Waals surface area contributed by atoms with Crippen molar-refractivity contribution < 1.29 is 5.11 Å². The molecule has 1 heterocycles. The van der Waals surface area contributed by atoms with E-state index in [0.717, 1.165) is 38.9 Å². The Labute approximate surface area is 78.0 Å². The molecule has 13 heavy (non-hydrogen) atoms. The fourth-order valence-corrected chi connectivity index (χ4v) is 1.64. The molecule has 0 spiro atoms. The van der Waals surface area contributed by atoms with Gasteiger partial charge in [0.05, 0.1) is 6.10 Å². The summed E-state index contributed by atoms with van der Waals surface area (Å²) in [7, 11) is 0. The van der Waals surface area contributed by atoms with Gasteiger partial charge in [-0.05, 0) is 37.9 Å². The smallest absolute Gasteiger partial charge is 0.0667 e. The van der Waals surface area contributed by atoms with Crippen LogP contribution in [-0.4, -0.2) is 42.3 Å². The molecule has 0 radical (unpaired) electrons. The van der Waals surface area contributed by atoms with Crippen LogP contribution >= 0.6 is 0 Å². The Morgan fingerprint density at radius 3 is 3.15 bits per heavy atom. The van der Waals surface area contributed by atoms with Crippen LogP contribution in [0.5, 0.6) is 0 Å². The van der Waals surface area contributed by atoms with E-state index >= 15 is 0 Å². The summed E-state index contributed by atoms with van der Waals surface area (Å²) >= 11 is 0. The third kappa shape index (κ3) is 4.12. The Hall–Kier alpha value is -0.770. The number of hydrogen-bond donors (Lipinski definition) is 1. The molecule has 1 fully saturated rings. The average Bonchev–Trinajstić information content (AvgIpc) is 2.13. The molecule has 1 aliphatic rings. The van der Waals surface area contributed by atoms with Crippen LogP contribution < -0.4 is 0 Å². The molecule has 0 aromatic rings. The fourth-order valence-electron chi connectivity index (χ4n) is 1.64. The van der Waals surface area contributed by atoms with Crippen LogP contribution in [0.15, 0.2) is 5.11 Å². The molecule has 1 rings (SSSR count). The Bertz CT molecular complexity index is 191. The van der Waals surface area contributed by atoms with Gasteiger partial charge in [0.15, 0.2) is 0 Å². The Morgan fingerprint density at radius 1 is 1.62 bits per heavy atom. The molecule has 0 bridgehead atoms. The number of nitrogens with zero attached hydrogens (tertiary/aromatic N) is 4. The molecule has 1 atom stereocenters. The zero-order chi connectivity index (χ0) is 9.52. The van der Waals surface area contributed by atoms with Crippen molar-refractivity contribution in [1.29, 1.82) is 0 Å². The molecule has 1 saturated heterocycles. The molecule has 1 aliphatic heterocycles. The van der Waals surface area contributed by atoms with E-state index in [4.69, 9.17) is 5.53 Å². The van der Waals surface area contributed by atoms with Crippen molar-refractivity contribution in [3.63, 3.8) is 0 Å². The van der Waals surface area contributed by atoms with Crippen LogP contribution in [0.4, 0.5) is 0 Å². The predicted octanol–water partition coefficient (Wildman–Crippen LogP) is 1.14. The quantitative estimate of drug-likeness (QED) is 0.308. The monoisotopic (exact) mass is 184 g/mol. The summed E-state index contributed by atoms with van der Waals surface area (Å²) in [6.07, 6.45) is 2.72. The summed E-state index contributed by atoms with van der Waals surface area (Å²) in [6.45, 7) is 3.32. The molecule has 5 nitrogen and oxygen atoms in total. The molecule has 0 aliphatic carbocycles. The van der Waals surface area contributed by atoms with Crippen molar-refractivity contribution in [3.05, 3.63) is 10.4 Å². The zero-order valence-corrected chi connectivity index (χ0v) is 7.76. The van der Waals surface area contributed by atoms with Gasteiger partial charge in [-0.1, -0.05) is 5.11 Å². The summed E-state index contributed by atoms with van der Waals surface area (Å²) in [6, 6.07) is 0. The van der Waals surface area contributed by atoms with Crippen LogP contribution in [0, 0.1) is 0 Å². The maximum absolute atomic E-state index is 9.36. The van der Waals surface area contributed by atoms with E-state index < -0.39 is 0 Å². The van der Waals surface area contributed by atoms with E-state index in [1.54, 1.807) is 0 Å². The minimum absolute atomic E-state index is 0.159. The first kappa shape index (κ1) is 10.3. The summed E-state index contributed by atoms with van der Waals surface area (Å²) in [5.41, 5.74) is 8.05. The normalized spacial score (nSPS) is 23.9. The van der Waals surface area contributed by atoms with Gasteiger partial charge in [-0.3, -0.25) is 0 Å². The van der Waals surface area contributed by atoms with E-state index in [1.807, 2.05) is 0 Å². The number of aliphatic hydroxyl groups excluding tert-OH is 1. The molecular formula is C8H16N4O. The summed E-state index contributed by atoms with van der Waals surface area (Å²) in [5.74, 6) is 0. The van der Waals surface area contributed by atoms with Gasteiger partial charge in [0, 0.05) is 18.0 Å². The van der Waals surface area contributed by atoms with Gasteiger partial charge in [-0.25, -0.2) is 0 Å². The second-order valence-corrected chi connectivity index (χ2v) is 3.40. The number of azide groups is 1. The molecule has 1 unspecified atom stereocenters. The minimum Gasteiger partial charge on any atom is -0.392 e. The first-order valence-corrected chi connectivity index (χ1v) is 4.74. The van der Waals surface area contributed by atoms with E-state index in [9.17, 15) is 5.11 Å². The molecule has 1 N–H and O–H groups in total. The second kappa shape index (κ2) is 5.80. The van der Waals surface area contributed by atoms with Gasteiger partial charge in [-0.2, -0.15) is 0 Å². The first-order chi connectivity index (χ1) is 6.33. The predicted molar refractivity (Wildman–Crippen MR) is 50.3 cm³/mol. The summed E-state index contributed by atoms with van der Waals surface area (Å²) < 4.78 is 0. The van der Waals surface area contributed by atoms with Gasteiger partial charge in [0.1, 0.15) is 0 Å². The van der Waals surface area contributed by atoms with E-state index in [2.05, 4.69) is 14.9 Å². The summed E-state index contributed by atoms with van der Waals surface area (Å²) in [5, 5.41) is 12.8. The molecule has 5 heteroatoms. The van der Waals surface area contributed by atoms with Crippen molar-refractivity contribution in [1.82, 2.24) is 4.90 Å². The third-order valence-electron chi connectivity index (χ3n) is 2.28. The number of rotatable bonds is 4. The molecule has 0 aromatic carbocycles. The topological polar surface area (TPSA) is 72.2 Å². The zero-order valence-electron chi connectivity index (χ0n) is 7.76. The van der Waals surface area contributed by atoms with Crippen LogP contribution in [-0.2, 0) is 0 Å². The summed E-state index contributed by atoms with van der Waals surface area (Å²) in [4.78, 5) is 4.91. The van der Waals surface area contributed by atoms with Crippen LogP contribution in [0.25, 0.3) is 10.4 Å². The van der Waals surface area contributed by atoms with Crippen molar-refractivity contribution in [2.75, 3.05) is 26.2 Å². The van der Waals surface area contributed by atoms with Gasteiger partial charge in [0.2, 0.25) is 0 Å². The standard InChI is InChI=1S/C8H16N4O/c9-11-10-4-2-6-12-5-1-3-8(13)7-12/h8,13H,1-7H2. The van der Waals surface area contributed by atoms with Crippen LogP contribution in [0.3, 0.4) is 0 Å². The number of hydrogen-bond acceptors (Lipinski definition) is 3. The van der Waals surface area contributed by atoms with Crippen LogP contribution in [0.1, 0.15) is 19.3 Å². The Kier molecular flexibility index (Phi) is 4.60. The van der Waals surface area contributed by atoms with E-state index in [1.165, 1.54) is 0 Å². The van der Waals surface area contributed by atoms with Gasteiger partial charge in [-0.15, -0.1) is 0 Å². The number of aliphatic hydroxyl groups is 1.